The SMILES string of the molecule is Cc1ncn(-c2nc(C(C)(C)C)nc(Cl)c2C)c1C. The average molecular weight is 279 g/mol. The molecule has 0 aliphatic heterocycles. The molecule has 2 heterocycles. The van der Waals surface area contributed by atoms with Crippen molar-refractivity contribution in [1.29, 1.82) is 0 Å². The Kier molecular flexibility index (Phi) is 3.39. The van der Waals surface area contributed by atoms with Gasteiger partial charge < -0.3 is 0 Å². The molecule has 0 bridgehead atoms. The minimum atomic E-state index is -0.143. The van der Waals surface area contributed by atoms with Crippen molar-refractivity contribution in [3.8, 4) is 5.82 Å². The van der Waals surface area contributed by atoms with Gasteiger partial charge in [0.25, 0.3) is 0 Å². The van der Waals surface area contributed by atoms with Gasteiger partial charge in [0.05, 0.1) is 5.69 Å². The van der Waals surface area contributed by atoms with Crippen LogP contribution in [0.2, 0.25) is 5.15 Å². The Hall–Kier alpha value is -1.42. The number of imidazole rings is 1. The lowest BCUT2D eigenvalue weighted by atomic mass is 9.95. The Labute approximate surface area is 118 Å². The second-order valence-electron chi connectivity index (χ2n) is 5.82. The van der Waals surface area contributed by atoms with E-state index in [0.717, 1.165) is 28.6 Å². The maximum absolute atomic E-state index is 6.25. The number of rotatable bonds is 1. The van der Waals surface area contributed by atoms with E-state index in [4.69, 9.17) is 11.6 Å². The van der Waals surface area contributed by atoms with Gasteiger partial charge in [-0.25, -0.2) is 15.0 Å². The van der Waals surface area contributed by atoms with E-state index < -0.39 is 0 Å². The van der Waals surface area contributed by atoms with Crippen LogP contribution < -0.4 is 0 Å². The summed E-state index contributed by atoms with van der Waals surface area (Å²) in [5, 5.41) is 0.501. The maximum Gasteiger partial charge on any atom is 0.146 e. The van der Waals surface area contributed by atoms with E-state index in [9.17, 15) is 0 Å². The Morgan fingerprint density at radius 1 is 1.11 bits per heavy atom. The molecule has 0 spiro atoms. The summed E-state index contributed by atoms with van der Waals surface area (Å²) in [7, 11) is 0. The first-order valence-corrected chi connectivity index (χ1v) is 6.65. The highest BCUT2D eigenvalue weighted by Gasteiger charge is 2.21. The zero-order valence-corrected chi connectivity index (χ0v) is 13.0. The predicted octanol–water partition coefficient (Wildman–Crippen LogP) is 3.54. The monoisotopic (exact) mass is 278 g/mol. The fourth-order valence-electron chi connectivity index (χ4n) is 1.76. The van der Waals surface area contributed by atoms with Crippen LogP contribution in [-0.4, -0.2) is 19.5 Å². The first-order valence-electron chi connectivity index (χ1n) is 6.27. The number of hydrogen-bond donors (Lipinski definition) is 0. The summed E-state index contributed by atoms with van der Waals surface area (Å²) in [5.74, 6) is 1.55. The zero-order valence-electron chi connectivity index (χ0n) is 12.2. The van der Waals surface area contributed by atoms with E-state index in [1.807, 2.05) is 25.3 Å². The Balaban J connectivity index is 2.70. The number of nitrogens with zero attached hydrogens (tertiary/aromatic N) is 4. The highest BCUT2D eigenvalue weighted by molar-refractivity contribution is 6.30. The highest BCUT2D eigenvalue weighted by Crippen LogP contribution is 2.26. The quantitative estimate of drug-likeness (QED) is 0.750. The van der Waals surface area contributed by atoms with Crippen LogP contribution >= 0.6 is 11.6 Å². The molecule has 0 N–H and O–H groups in total. The van der Waals surface area contributed by atoms with Crippen molar-refractivity contribution < 1.29 is 0 Å². The minimum absolute atomic E-state index is 0.143. The molecular formula is C14H19ClN4. The molecule has 0 aromatic carbocycles. The van der Waals surface area contributed by atoms with Gasteiger partial charge in [-0.3, -0.25) is 4.57 Å². The molecule has 0 radical (unpaired) electrons. The van der Waals surface area contributed by atoms with Gasteiger partial charge in [0.2, 0.25) is 0 Å². The predicted molar refractivity (Wildman–Crippen MR) is 77.1 cm³/mol. The number of halogens is 1. The summed E-state index contributed by atoms with van der Waals surface area (Å²) in [5.41, 5.74) is 2.79. The molecule has 0 fully saturated rings. The lowest BCUT2D eigenvalue weighted by Gasteiger charge is -2.19. The standard InChI is InChI=1S/C14H19ClN4/c1-8-11(15)17-13(14(4,5)6)18-12(8)19-7-16-9(2)10(19)3/h7H,1-6H3. The lowest BCUT2D eigenvalue weighted by Crippen LogP contribution is -2.18. The van der Waals surface area contributed by atoms with Gasteiger partial charge >= 0.3 is 0 Å². The summed E-state index contributed by atoms with van der Waals surface area (Å²) >= 11 is 6.25. The fourth-order valence-corrected chi connectivity index (χ4v) is 1.92. The van der Waals surface area contributed by atoms with E-state index in [1.54, 1.807) is 6.33 Å². The molecule has 2 aromatic heterocycles. The van der Waals surface area contributed by atoms with Gasteiger partial charge in [-0.15, -0.1) is 0 Å². The Morgan fingerprint density at radius 2 is 1.74 bits per heavy atom. The van der Waals surface area contributed by atoms with Crippen LogP contribution in [0.25, 0.3) is 5.82 Å². The van der Waals surface area contributed by atoms with Gasteiger partial charge in [0, 0.05) is 16.7 Å². The average Bonchev–Trinajstić information content (AvgIpc) is 2.62. The Morgan fingerprint density at radius 3 is 2.21 bits per heavy atom. The Bertz CT molecular complexity index is 623. The van der Waals surface area contributed by atoms with Gasteiger partial charge in [-0.2, -0.15) is 0 Å². The maximum atomic E-state index is 6.25. The summed E-state index contributed by atoms with van der Waals surface area (Å²) in [6.07, 6.45) is 1.78. The molecule has 0 saturated heterocycles. The molecule has 2 rings (SSSR count). The molecule has 0 aliphatic rings. The summed E-state index contributed by atoms with van der Waals surface area (Å²) < 4.78 is 1.97. The van der Waals surface area contributed by atoms with Crippen LogP contribution in [0.15, 0.2) is 6.33 Å². The third-order valence-electron chi connectivity index (χ3n) is 3.21. The molecule has 5 heteroatoms. The zero-order chi connectivity index (χ0) is 14.4. The molecule has 0 atom stereocenters. The van der Waals surface area contributed by atoms with Crippen molar-refractivity contribution in [2.24, 2.45) is 0 Å². The molecule has 0 amide bonds. The van der Waals surface area contributed by atoms with Crippen molar-refractivity contribution in [3.05, 3.63) is 34.3 Å². The number of hydrogen-bond acceptors (Lipinski definition) is 3. The van der Waals surface area contributed by atoms with Crippen LogP contribution in [0, 0.1) is 20.8 Å². The summed E-state index contributed by atoms with van der Waals surface area (Å²) in [6.45, 7) is 12.2. The molecule has 102 valence electrons. The molecular weight excluding hydrogens is 260 g/mol. The van der Waals surface area contributed by atoms with Gasteiger partial charge in [-0.05, 0) is 20.8 Å². The van der Waals surface area contributed by atoms with Crippen LogP contribution in [-0.2, 0) is 5.41 Å². The van der Waals surface area contributed by atoms with E-state index >= 15 is 0 Å². The molecule has 19 heavy (non-hydrogen) atoms. The fraction of sp³-hybridized carbons (Fsp3) is 0.500. The largest absolute Gasteiger partial charge is 0.287 e. The van der Waals surface area contributed by atoms with E-state index in [2.05, 4.69) is 35.7 Å². The number of aryl methyl sites for hydroxylation is 1. The third kappa shape index (κ3) is 2.50. The van der Waals surface area contributed by atoms with Gasteiger partial charge in [0.1, 0.15) is 23.1 Å². The van der Waals surface area contributed by atoms with Crippen molar-refractivity contribution in [2.75, 3.05) is 0 Å². The van der Waals surface area contributed by atoms with E-state index in [0.29, 0.717) is 5.15 Å². The third-order valence-corrected chi connectivity index (χ3v) is 3.58. The van der Waals surface area contributed by atoms with E-state index in [-0.39, 0.29) is 5.41 Å². The molecule has 0 aliphatic carbocycles. The summed E-state index contributed by atoms with van der Waals surface area (Å²) in [4.78, 5) is 13.4. The topological polar surface area (TPSA) is 43.6 Å². The number of aromatic nitrogens is 4. The van der Waals surface area contributed by atoms with Crippen LogP contribution in [0.1, 0.15) is 43.5 Å². The van der Waals surface area contributed by atoms with Crippen molar-refractivity contribution in [3.63, 3.8) is 0 Å². The molecule has 0 saturated carbocycles. The molecule has 0 unspecified atom stereocenters. The smallest absolute Gasteiger partial charge is 0.146 e. The van der Waals surface area contributed by atoms with Crippen molar-refractivity contribution in [1.82, 2.24) is 19.5 Å². The second kappa shape index (κ2) is 4.60. The van der Waals surface area contributed by atoms with Crippen molar-refractivity contribution >= 4 is 11.6 Å². The van der Waals surface area contributed by atoms with Crippen LogP contribution in [0.5, 0.6) is 0 Å². The van der Waals surface area contributed by atoms with E-state index in [1.165, 1.54) is 0 Å². The molecule has 2 aromatic rings. The van der Waals surface area contributed by atoms with Crippen LogP contribution in [0.3, 0.4) is 0 Å². The highest BCUT2D eigenvalue weighted by atomic mass is 35.5. The minimum Gasteiger partial charge on any atom is -0.287 e. The summed E-state index contributed by atoms with van der Waals surface area (Å²) in [6, 6.07) is 0. The normalized spacial score (nSPS) is 11.9. The molecule has 4 nitrogen and oxygen atoms in total. The van der Waals surface area contributed by atoms with Crippen LogP contribution in [0.4, 0.5) is 0 Å². The lowest BCUT2D eigenvalue weighted by molar-refractivity contribution is 0.542. The van der Waals surface area contributed by atoms with Gasteiger partial charge in [0.15, 0.2) is 0 Å². The second-order valence-corrected chi connectivity index (χ2v) is 6.18. The first kappa shape index (κ1) is 14.0. The first-order chi connectivity index (χ1) is 8.71. The van der Waals surface area contributed by atoms with Crippen molar-refractivity contribution in [2.45, 2.75) is 47.0 Å². The van der Waals surface area contributed by atoms with Gasteiger partial charge in [-0.1, -0.05) is 32.4 Å².